The minimum Gasteiger partial charge on any atom is -0.341 e. The predicted molar refractivity (Wildman–Crippen MR) is 90.5 cm³/mol. The second-order valence-corrected chi connectivity index (χ2v) is 6.92. The number of rotatable bonds is 1. The number of benzene rings is 2. The van der Waals surface area contributed by atoms with E-state index in [-0.39, 0.29) is 0 Å². The summed E-state index contributed by atoms with van der Waals surface area (Å²) in [5.41, 5.74) is 2.20. The van der Waals surface area contributed by atoms with Crippen molar-refractivity contribution in [1.29, 1.82) is 0 Å². The normalized spacial score (nSPS) is 23.0. The second-order valence-electron chi connectivity index (χ2n) is 6.00. The molecule has 1 fully saturated rings. The molecule has 3 nitrogen and oxygen atoms in total. The highest BCUT2D eigenvalue weighted by molar-refractivity contribution is 9.10. The molecular formula is C17H18BrN3. The topological polar surface area (TPSA) is 40.7 Å². The minimum absolute atomic E-state index is 0.353. The summed E-state index contributed by atoms with van der Waals surface area (Å²) in [6.07, 6.45) is 3.69. The van der Waals surface area contributed by atoms with E-state index >= 15 is 0 Å². The summed E-state index contributed by atoms with van der Waals surface area (Å²) in [7, 11) is 0. The zero-order valence-corrected chi connectivity index (χ0v) is 13.6. The van der Waals surface area contributed by atoms with Gasteiger partial charge in [0.15, 0.2) is 0 Å². The number of hydrogen-bond donors (Lipinski definition) is 2. The Balaban J connectivity index is 1.83. The van der Waals surface area contributed by atoms with Gasteiger partial charge in [0.2, 0.25) is 0 Å². The maximum atomic E-state index is 4.90. The first-order valence-corrected chi connectivity index (χ1v) is 8.34. The summed E-state index contributed by atoms with van der Waals surface area (Å²) in [4.78, 5) is 8.40. The maximum absolute atomic E-state index is 4.90. The number of nitrogens with one attached hydrogen (secondary N) is 2. The lowest BCUT2D eigenvalue weighted by Gasteiger charge is -2.27. The lowest BCUT2D eigenvalue weighted by atomic mass is 9.99. The first-order chi connectivity index (χ1) is 10.2. The van der Waals surface area contributed by atoms with Gasteiger partial charge in [-0.05, 0) is 49.8 Å². The van der Waals surface area contributed by atoms with Crippen molar-refractivity contribution in [2.24, 2.45) is 0 Å². The lowest BCUT2D eigenvalue weighted by molar-refractivity contribution is 0.332. The van der Waals surface area contributed by atoms with Crippen LogP contribution in [0.2, 0.25) is 0 Å². The van der Waals surface area contributed by atoms with E-state index in [9.17, 15) is 0 Å². The summed E-state index contributed by atoms with van der Waals surface area (Å²) >= 11 is 3.53. The Morgan fingerprint density at radius 3 is 2.95 bits per heavy atom. The van der Waals surface area contributed by atoms with Crippen LogP contribution in [0, 0.1) is 0 Å². The summed E-state index contributed by atoms with van der Waals surface area (Å²) in [5.74, 6) is 1.08. The number of fused-ring (bicyclic) bond motifs is 3. The SMILES string of the molecule is CC1CCCC(c2nc3c(ccc4cc(Br)ccc43)[nH]2)N1. The minimum atomic E-state index is 0.353. The summed E-state index contributed by atoms with van der Waals surface area (Å²) in [6, 6.07) is 11.6. The fraction of sp³-hybridized carbons (Fsp3) is 0.353. The Hall–Kier alpha value is -1.39. The standard InChI is InChI=1S/C17H18BrN3/c1-10-3-2-4-15(19-10)17-20-14-8-5-11-9-12(18)6-7-13(11)16(14)21-17/h5-10,15,19H,2-4H2,1H3,(H,20,21). The maximum Gasteiger partial charge on any atom is 0.124 e. The summed E-state index contributed by atoms with van der Waals surface area (Å²) in [5, 5.41) is 6.08. The third kappa shape index (κ3) is 2.36. The third-order valence-corrected chi connectivity index (χ3v) is 4.89. The zero-order valence-electron chi connectivity index (χ0n) is 12.0. The average molecular weight is 344 g/mol. The van der Waals surface area contributed by atoms with Gasteiger partial charge in [0.05, 0.1) is 17.1 Å². The van der Waals surface area contributed by atoms with Gasteiger partial charge in [-0.2, -0.15) is 0 Å². The summed E-state index contributed by atoms with van der Waals surface area (Å²) < 4.78 is 1.10. The fourth-order valence-electron chi connectivity index (χ4n) is 3.31. The molecule has 2 N–H and O–H groups in total. The van der Waals surface area contributed by atoms with Crippen molar-refractivity contribution in [3.63, 3.8) is 0 Å². The molecule has 0 spiro atoms. The van der Waals surface area contributed by atoms with Gasteiger partial charge in [-0.15, -0.1) is 0 Å². The van der Waals surface area contributed by atoms with Gasteiger partial charge in [0.25, 0.3) is 0 Å². The highest BCUT2D eigenvalue weighted by atomic mass is 79.9. The molecule has 4 heteroatoms. The van der Waals surface area contributed by atoms with Gasteiger partial charge < -0.3 is 10.3 Å². The number of H-pyrrole nitrogens is 1. The number of imidazole rings is 1. The van der Waals surface area contributed by atoms with E-state index in [1.54, 1.807) is 0 Å². The summed E-state index contributed by atoms with van der Waals surface area (Å²) in [6.45, 7) is 2.25. The molecule has 1 aromatic heterocycles. The molecule has 3 aromatic rings. The van der Waals surface area contributed by atoms with E-state index in [2.05, 4.69) is 63.5 Å². The molecule has 2 heterocycles. The number of halogens is 1. The molecule has 0 radical (unpaired) electrons. The Labute approximate surface area is 132 Å². The van der Waals surface area contributed by atoms with Crippen LogP contribution in [-0.4, -0.2) is 16.0 Å². The molecular weight excluding hydrogens is 326 g/mol. The molecule has 2 atom stereocenters. The molecule has 21 heavy (non-hydrogen) atoms. The second kappa shape index (κ2) is 5.11. The Morgan fingerprint density at radius 2 is 2.10 bits per heavy atom. The number of hydrogen-bond acceptors (Lipinski definition) is 2. The van der Waals surface area contributed by atoms with Crippen LogP contribution < -0.4 is 5.32 Å². The van der Waals surface area contributed by atoms with E-state index in [4.69, 9.17) is 4.98 Å². The molecule has 1 saturated heterocycles. The molecule has 1 aliphatic heterocycles. The van der Waals surface area contributed by atoms with Crippen LogP contribution in [0.3, 0.4) is 0 Å². The highest BCUT2D eigenvalue weighted by Crippen LogP contribution is 2.30. The van der Waals surface area contributed by atoms with Crippen molar-refractivity contribution in [2.75, 3.05) is 0 Å². The number of nitrogens with zero attached hydrogens (tertiary/aromatic N) is 1. The Bertz CT molecular complexity index is 808. The van der Waals surface area contributed by atoms with Crippen LogP contribution in [0.15, 0.2) is 34.8 Å². The molecule has 0 bridgehead atoms. The smallest absolute Gasteiger partial charge is 0.124 e. The first-order valence-electron chi connectivity index (χ1n) is 7.54. The predicted octanol–water partition coefficient (Wildman–Crippen LogP) is 4.68. The van der Waals surface area contributed by atoms with Crippen LogP contribution in [-0.2, 0) is 0 Å². The van der Waals surface area contributed by atoms with Gasteiger partial charge in [0, 0.05) is 15.9 Å². The van der Waals surface area contributed by atoms with Crippen molar-refractivity contribution in [2.45, 2.75) is 38.3 Å². The molecule has 2 aromatic carbocycles. The quantitative estimate of drug-likeness (QED) is 0.673. The van der Waals surface area contributed by atoms with Crippen molar-refractivity contribution in [3.05, 3.63) is 40.6 Å². The van der Waals surface area contributed by atoms with E-state index in [1.165, 1.54) is 23.6 Å². The fourth-order valence-corrected chi connectivity index (χ4v) is 3.69. The molecule has 0 amide bonds. The molecule has 2 unspecified atom stereocenters. The van der Waals surface area contributed by atoms with Gasteiger partial charge >= 0.3 is 0 Å². The van der Waals surface area contributed by atoms with Gasteiger partial charge in [-0.3, -0.25) is 0 Å². The molecule has 0 saturated carbocycles. The monoisotopic (exact) mass is 343 g/mol. The van der Waals surface area contributed by atoms with Crippen molar-refractivity contribution < 1.29 is 0 Å². The molecule has 1 aliphatic rings. The number of piperidine rings is 1. The van der Waals surface area contributed by atoms with Crippen molar-refractivity contribution >= 4 is 37.7 Å². The van der Waals surface area contributed by atoms with Crippen LogP contribution in [0.4, 0.5) is 0 Å². The molecule has 0 aliphatic carbocycles. The number of aromatic amines is 1. The van der Waals surface area contributed by atoms with Crippen LogP contribution in [0.25, 0.3) is 21.8 Å². The lowest BCUT2D eigenvalue weighted by Crippen LogP contribution is -2.35. The third-order valence-electron chi connectivity index (χ3n) is 4.39. The average Bonchev–Trinajstić information content (AvgIpc) is 2.91. The van der Waals surface area contributed by atoms with Gasteiger partial charge in [0.1, 0.15) is 5.82 Å². The van der Waals surface area contributed by atoms with Crippen LogP contribution in [0.5, 0.6) is 0 Å². The Morgan fingerprint density at radius 1 is 1.19 bits per heavy atom. The molecule has 4 rings (SSSR count). The van der Waals surface area contributed by atoms with Gasteiger partial charge in [-0.1, -0.05) is 28.1 Å². The van der Waals surface area contributed by atoms with E-state index in [0.717, 1.165) is 27.8 Å². The van der Waals surface area contributed by atoms with Crippen molar-refractivity contribution in [1.82, 2.24) is 15.3 Å². The number of aromatic nitrogens is 2. The highest BCUT2D eigenvalue weighted by Gasteiger charge is 2.22. The molecule has 108 valence electrons. The van der Waals surface area contributed by atoms with E-state index in [0.29, 0.717) is 12.1 Å². The Kier molecular flexibility index (Phi) is 3.23. The van der Waals surface area contributed by atoms with Crippen molar-refractivity contribution in [3.8, 4) is 0 Å². The van der Waals surface area contributed by atoms with Crippen LogP contribution in [0.1, 0.15) is 38.1 Å². The van der Waals surface area contributed by atoms with Gasteiger partial charge in [-0.25, -0.2) is 4.98 Å². The zero-order chi connectivity index (χ0) is 14.4. The van der Waals surface area contributed by atoms with Crippen LogP contribution >= 0.6 is 15.9 Å². The van der Waals surface area contributed by atoms with E-state index < -0.39 is 0 Å². The largest absolute Gasteiger partial charge is 0.341 e. The first kappa shape index (κ1) is 13.3. The van der Waals surface area contributed by atoms with E-state index in [1.807, 2.05) is 0 Å².